The summed E-state index contributed by atoms with van der Waals surface area (Å²) >= 11 is 0. The van der Waals surface area contributed by atoms with Crippen LogP contribution in [-0.4, -0.2) is 10.7 Å². The van der Waals surface area contributed by atoms with Gasteiger partial charge in [-0.05, 0) is 18.4 Å². The first-order chi connectivity index (χ1) is 10.2. The van der Waals surface area contributed by atoms with Gasteiger partial charge in [-0.15, -0.1) is 4.73 Å². The average molecular weight is 285 g/mol. The van der Waals surface area contributed by atoms with Crippen LogP contribution in [0.25, 0.3) is 0 Å². The number of nitrogens with zero attached hydrogens (tertiary/aromatic N) is 1. The Hall–Kier alpha value is -2.56. The van der Waals surface area contributed by atoms with E-state index in [9.17, 15) is 9.59 Å². The zero-order valence-electron chi connectivity index (χ0n) is 11.4. The third-order valence-corrected chi connectivity index (χ3v) is 3.20. The molecule has 1 aliphatic carbocycles. The summed E-state index contributed by atoms with van der Waals surface area (Å²) in [5.74, 6) is 0.0449. The number of hydrogen-bond donors (Lipinski definition) is 0. The van der Waals surface area contributed by atoms with Crippen molar-refractivity contribution in [2.75, 3.05) is 0 Å². The van der Waals surface area contributed by atoms with E-state index in [0.29, 0.717) is 12.4 Å². The summed E-state index contributed by atoms with van der Waals surface area (Å²) in [6.45, 7) is 0.381. The Bertz CT molecular complexity index is 689. The van der Waals surface area contributed by atoms with Crippen LogP contribution < -0.4 is 15.1 Å². The molecule has 0 bridgehead atoms. The molecule has 0 radical (unpaired) electrons. The molecule has 0 unspecified atom stereocenters. The average Bonchev–Trinajstić information content (AvgIpc) is 3.33. The number of carbonyl (C=O) groups is 1. The van der Waals surface area contributed by atoms with Gasteiger partial charge < -0.3 is 9.57 Å². The van der Waals surface area contributed by atoms with E-state index in [1.807, 2.05) is 30.3 Å². The van der Waals surface area contributed by atoms with Crippen molar-refractivity contribution in [3.63, 3.8) is 0 Å². The van der Waals surface area contributed by atoms with E-state index < -0.39 is 5.56 Å². The molecule has 1 aromatic carbocycles. The first-order valence-corrected chi connectivity index (χ1v) is 6.84. The molecule has 2 aromatic rings. The Morgan fingerprint density at radius 2 is 1.95 bits per heavy atom. The summed E-state index contributed by atoms with van der Waals surface area (Å²) in [5.41, 5.74) is 0.594. The van der Waals surface area contributed by atoms with Gasteiger partial charge in [-0.25, -0.2) is 4.79 Å². The number of ether oxygens (including phenoxy) is 1. The lowest BCUT2D eigenvalue weighted by Crippen LogP contribution is -2.30. The molecule has 0 N–H and O–H groups in total. The fourth-order valence-corrected chi connectivity index (χ4v) is 1.84. The smallest absolute Gasteiger partial charge is 0.336 e. The van der Waals surface area contributed by atoms with Gasteiger partial charge in [0.15, 0.2) is 0 Å². The van der Waals surface area contributed by atoms with Crippen molar-refractivity contribution >= 4 is 5.97 Å². The Morgan fingerprint density at radius 3 is 2.62 bits per heavy atom. The van der Waals surface area contributed by atoms with E-state index in [1.54, 1.807) is 6.07 Å². The van der Waals surface area contributed by atoms with Gasteiger partial charge in [0.25, 0.3) is 5.56 Å². The number of benzene rings is 1. The minimum atomic E-state index is -0.422. The second kappa shape index (κ2) is 5.83. The topological polar surface area (TPSA) is 57.5 Å². The molecule has 108 valence electrons. The molecule has 3 rings (SSSR count). The van der Waals surface area contributed by atoms with E-state index in [2.05, 4.69) is 0 Å². The van der Waals surface area contributed by atoms with Crippen molar-refractivity contribution in [2.24, 2.45) is 5.92 Å². The van der Waals surface area contributed by atoms with Gasteiger partial charge in [0, 0.05) is 12.1 Å². The van der Waals surface area contributed by atoms with Crippen LogP contribution in [0.5, 0.6) is 5.75 Å². The monoisotopic (exact) mass is 285 g/mol. The van der Waals surface area contributed by atoms with E-state index in [0.717, 1.165) is 23.1 Å². The van der Waals surface area contributed by atoms with Crippen LogP contribution >= 0.6 is 0 Å². The van der Waals surface area contributed by atoms with Crippen molar-refractivity contribution in [3.05, 3.63) is 64.6 Å². The third-order valence-electron chi connectivity index (χ3n) is 3.20. The molecular weight excluding hydrogens is 270 g/mol. The van der Waals surface area contributed by atoms with Crippen LogP contribution in [0, 0.1) is 5.92 Å². The Labute approximate surface area is 121 Å². The predicted octanol–water partition coefficient (Wildman–Crippen LogP) is 1.79. The maximum absolute atomic E-state index is 11.8. The minimum Gasteiger partial charge on any atom is -0.489 e. The normalized spacial score (nSPS) is 13.7. The zero-order chi connectivity index (χ0) is 14.7. The number of aromatic nitrogens is 1. The molecule has 0 atom stereocenters. The summed E-state index contributed by atoms with van der Waals surface area (Å²) in [5, 5.41) is 0. The number of rotatable bonds is 5. The molecule has 1 fully saturated rings. The van der Waals surface area contributed by atoms with Gasteiger partial charge >= 0.3 is 5.97 Å². The molecule has 1 aliphatic rings. The lowest BCUT2D eigenvalue weighted by Gasteiger charge is -2.08. The van der Waals surface area contributed by atoms with Crippen molar-refractivity contribution in [1.29, 1.82) is 0 Å². The maximum atomic E-state index is 11.8. The number of carbonyl (C=O) groups excluding carboxylic acids is 1. The molecular formula is C16H15NO4. The third kappa shape index (κ3) is 3.51. The van der Waals surface area contributed by atoms with E-state index in [1.165, 1.54) is 12.3 Å². The Kier molecular flexibility index (Phi) is 3.73. The summed E-state index contributed by atoms with van der Waals surface area (Å²) < 4.78 is 6.48. The highest BCUT2D eigenvalue weighted by atomic mass is 16.7. The highest BCUT2D eigenvalue weighted by Gasteiger charge is 2.32. The Morgan fingerprint density at radius 1 is 1.19 bits per heavy atom. The highest BCUT2D eigenvalue weighted by molar-refractivity contribution is 5.75. The van der Waals surface area contributed by atoms with E-state index >= 15 is 0 Å². The molecule has 0 saturated heterocycles. The molecule has 21 heavy (non-hydrogen) atoms. The lowest BCUT2D eigenvalue weighted by atomic mass is 10.2. The molecule has 1 heterocycles. The quantitative estimate of drug-likeness (QED) is 0.840. The van der Waals surface area contributed by atoms with Gasteiger partial charge in [0.05, 0.1) is 12.1 Å². The highest BCUT2D eigenvalue weighted by Crippen LogP contribution is 2.29. The van der Waals surface area contributed by atoms with Crippen LogP contribution in [0.15, 0.2) is 53.5 Å². The van der Waals surface area contributed by atoms with Gasteiger partial charge in [-0.2, -0.15) is 0 Å². The van der Waals surface area contributed by atoms with Gasteiger partial charge in [0.2, 0.25) is 0 Å². The van der Waals surface area contributed by atoms with Crippen molar-refractivity contribution in [3.8, 4) is 5.75 Å². The number of pyridine rings is 1. The molecule has 1 aromatic heterocycles. The standard InChI is InChI=1S/C16H15NO4/c18-15-10-14(20-11-12-4-2-1-3-5-12)8-9-17(15)21-16(19)13-6-7-13/h1-5,8-10,13H,6-7,11H2. The fraction of sp³-hybridized carbons (Fsp3) is 0.250. The van der Waals surface area contributed by atoms with Crippen molar-refractivity contribution < 1.29 is 14.4 Å². The Balaban J connectivity index is 1.63. The van der Waals surface area contributed by atoms with Crippen LogP contribution in [0.3, 0.4) is 0 Å². The second-order valence-electron chi connectivity index (χ2n) is 4.99. The summed E-state index contributed by atoms with van der Waals surface area (Å²) in [7, 11) is 0. The molecule has 0 amide bonds. The van der Waals surface area contributed by atoms with Crippen molar-refractivity contribution in [1.82, 2.24) is 4.73 Å². The largest absolute Gasteiger partial charge is 0.489 e. The molecule has 0 aliphatic heterocycles. The predicted molar refractivity (Wildman–Crippen MR) is 75.8 cm³/mol. The van der Waals surface area contributed by atoms with Crippen LogP contribution in [-0.2, 0) is 11.4 Å². The summed E-state index contributed by atoms with van der Waals surface area (Å²) in [6.07, 6.45) is 3.08. The van der Waals surface area contributed by atoms with Gasteiger partial charge in [-0.3, -0.25) is 4.79 Å². The second-order valence-corrected chi connectivity index (χ2v) is 4.99. The minimum absolute atomic E-state index is 0.0501. The maximum Gasteiger partial charge on any atom is 0.336 e. The van der Waals surface area contributed by atoms with Crippen LogP contribution in [0.2, 0.25) is 0 Å². The molecule has 5 heteroatoms. The SMILES string of the molecule is O=C(On1ccc(OCc2ccccc2)cc1=O)C1CC1. The summed E-state index contributed by atoms with van der Waals surface area (Å²) in [6, 6.07) is 12.6. The molecule has 5 nitrogen and oxygen atoms in total. The fourth-order valence-electron chi connectivity index (χ4n) is 1.84. The van der Waals surface area contributed by atoms with E-state index in [4.69, 9.17) is 9.57 Å². The number of hydrogen-bond acceptors (Lipinski definition) is 4. The first kappa shape index (κ1) is 13.4. The van der Waals surface area contributed by atoms with Gasteiger partial charge in [-0.1, -0.05) is 30.3 Å². The van der Waals surface area contributed by atoms with Crippen LogP contribution in [0.1, 0.15) is 18.4 Å². The zero-order valence-corrected chi connectivity index (χ0v) is 11.4. The van der Waals surface area contributed by atoms with E-state index in [-0.39, 0.29) is 11.9 Å². The van der Waals surface area contributed by atoms with Crippen molar-refractivity contribution in [2.45, 2.75) is 19.4 Å². The first-order valence-electron chi connectivity index (χ1n) is 6.84. The molecule has 0 spiro atoms. The lowest BCUT2D eigenvalue weighted by molar-refractivity contribution is -0.146. The van der Waals surface area contributed by atoms with Gasteiger partial charge in [0.1, 0.15) is 12.4 Å². The summed E-state index contributed by atoms with van der Waals surface area (Å²) in [4.78, 5) is 28.3. The van der Waals surface area contributed by atoms with Crippen LogP contribution in [0.4, 0.5) is 0 Å². The molecule has 1 saturated carbocycles.